The average molecular weight is 240 g/mol. The monoisotopic (exact) mass is 240 g/mol. The molecule has 0 aliphatic rings. The minimum atomic E-state index is -0.898. The van der Waals surface area contributed by atoms with E-state index in [2.05, 4.69) is 5.10 Å². The van der Waals surface area contributed by atoms with Gasteiger partial charge in [-0.3, -0.25) is 9.48 Å². The van der Waals surface area contributed by atoms with Crippen LogP contribution in [0.1, 0.15) is 51.0 Å². The van der Waals surface area contributed by atoms with E-state index in [1.54, 1.807) is 17.9 Å². The number of carboxylic acid groups (broad SMARTS) is 1. The van der Waals surface area contributed by atoms with Crippen molar-refractivity contribution >= 4 is 5.97 Å². The van der Waals surface area contributed by atoms with Crippen molar-refractivity contribution in [1.29, 1.82) is 0 Å². The first-order chi connectivity index (χ1) is 7.71. The molecule has 5 heteroatoms. The number of hydrogen-bond acceptors (Lipinski definition) is 3. The van der Waals surface area contributed by atoms with Crippen LogP contribution in [0.5, 0.6) is 0 Å². The molecule has 0 amide bonds. The van der Waals surface area contributed by atoms with Crippen molar-refractivity contribution in [2.24, 2.45) is 7.05 Å². The van der Waals surface area contributed by atoms with E-state index in [1.807, 2.05) is 20.8 Å². The van der Waals surface area contributed by atoms with Gasteiger partial charge in [0.25, 0.3) is 0 Å². The van der Waals surface area contributed by atoms with Crippen molar-refractivity contribution in [1.82, 2.24) is 9.78 Å². The van der Waals surface area contributed by atoms with Crippen molar-refractivity contribution in [2.45, 2.75) is 45.1 Å². The van der Waals surface area contributed by atoms with Crippen molar-refractivity contribution in [3.05, 3.63) is 17.5 Å². The Balaban J connectivity index is 2.93. The molecular weight excluding hydrogens is 220 g/mol. The van der Waals surface area contributed by atoms with E-state index in [0.717, 1.165) is 11.3 Å². The molecule has 0 saturated heterocycles. The second-order valence-corrected chi connectivity index (χ2v) is 5.30. The van der Waals surface area contributed by atoms with Gasteiger partial charge in [-0.1, -0.05) is 20.8 Å². The fourth-order valence-corrected chi connectivity index (χ4v) is 1.75. The maximum absolute atomic E-state index is 10.5. The molecule has 1 atom stereocenters. The summed E-state index contributed by atoms with van der Waals surface area (Å²) in [5.41, 5.74) is 1.37. The molecule has 0 aliphatic carbocycles. The third-order valence-electron chi connectivity index (χ3n) is 2.56. The third kappa shape index (κ3) is 3.56. The third-order valence-corrected chi connectivity index (χ3v) is 2.56. The van der Waals surface area contributed by atoms with Crippen LogP contribution in [0.2, 0.25) is 0 Å². The summed E-state index contributed by atoms with van der Waals surface area (Å²) in [4.78, 5) is 10.5. The number of hydrogen-bond donors (Lipinski definition) is 2. The topological polar surface area (TPSA) is 75.4 Å². The zero-order valence-electron chi connectivity index (χ0n) is 10.8. The van der Waals surface area contributed by atoms with Crippen LogP contribution in [0.25, 0.3) is 0 Å². The first-order valence-corrected chi connectivity index (χ1v) is 5.65. The van der Waals surface area contributed by atoms with Crippen molar-refractivity contribution < 1.29 is 15.0 Å². The predicted molar refractivity (Wildman–Crippen MR) is 63.7 cm³/mol. The van der Waals surface area contributed by atoms with Crippen molar-refractivity contribution in [2.75, 3.05) is 0 Å². The van der Waals surface area contributed by atoms with Gasteiger partial charge in [0.05, 0.1) is 11.8 Å². The molecule has 0 spiro atoms. The van der Waals surface area contributed by atoms with Gasteiger partial charge in [-0.2, -0.15) is 5.10 Å². The van der Waals surface area contributed by atoms with Gasteiger partial charge in [0.2, 0.25) is 0 Å². The Morgan fingerprint density at radius 3 is 2.59 bits per heavy atom. The number of aliphatic hydroxyl groups excluding tert-OH is 1. The number of rotatable bonds is 4. The Morgan fingerprint density at radius 2 is 2.12 bits per heavy atom. The summed E-state index contributed by atoms with van der Waals surface area (Å²) in [5, 5.41) is 23.0. The number of nitrogens with zero attached hydrogens (tertiary/aromatic N) is 2. The number of carbonyl (C=O) groups is 1. The number of aliphatic hydroxyl groups is 1. The molecule has 2 N–H and O–H groups in total. The molecule has 0 fully saturated rings. The van der Waals surface area contributed by atoms with Gasteiger partial charge in [-0.15, -0.1) is 0 Å². The molecule has 5 nitrogen and oxygen atoms in total. The normalized spacial score (nSPS) is 13.7. The van der Waals surface area contributed by atoms with E-state index in [9.17, 15) is 9.90 Å². The summed E-state index contributed by atoms with van der Waals surface area (Å²) in [5.74, 6) is -0.898. The molecule has 17 heavy (non-hydrogen) atoms. The summed E-state index contributed by atoms with van der Waals surface area (Å²) in [6, 6.07) is 0. The summed E-state index contributed by atoms with van der Waals surface area (Å²) in [7, 11) is 1.79. The summed E-state index contributed by atoms with van der Waals surface area (Å²) < 4.78 is 1.65. The Kier molecular flexibility index (Phi) is 3.93. The lowest BCUT2D eigenvalue weighted by Gasteiger charge is -2.19. The molecule has 1 rings (SSSR count). The van der Waals surface area contributed by atoms with E-state index in [-0.39, 0.29) is 18.3 Å². The molecule has 1 aromatic rings. The van der Waals surface area contributed by atoms with Gasteiger partial charge in [0.1, 0.15) is 0 Å². The van der Waals surface area contributed by atoms with E-state index >= 15 is 0 Å². The lowest BCUT2D eigenvalue weighted by atomic mass is 9.87. The van der Waals surface area contributed by atoms with Gasteiger partial charge in [-0.25, -0.2) is 0 Å². The van der Waals surface area contributed by atoms with E-state index in [0.29, 0.717) is 0 Å². The zero-order chi connectivity index (χ0) is 13.2. The molecular formula is C12H20N2O3. The average Bonchev–Trinajstić information content (AvgIpc) is 2.56. The van der Waals surface area contributed by atoms with Crippen LogP contribution in [0.15, 0.2) is 6.20 Å². The Labute approximate surface area is 101 Å². The number of aliphatic carboxylic acids is 1. The largest absolute Gasteiger partial charge is 0.481 e. The molecule has 0 aliphatic heterocycles. The highest BCUT2D eigenvalue weighted by Crippen LogP contribution is 2.30. The number of aryl methyl sites for hydroxylation is 1. The molecule has 1 heterocycles. The van der Waals surface area contributed by atoms with Crippen LogP contribution in [-0.2, 0) is 17.3 Å². The molecule has 1 aromatic heterocycles. The first kappa shape index (κ1) is 13.7. The molecule has 0 aromatic carbocycles. The van der Waals surface area contributed by atoms with Crippen molar-refractivity contribution in [3.8, 4) is 0 Å². The minimum Gasteiger partial charge on any atom is -0.481 e. The van der Waals surface area contributed by atoms with E-state index in [1.165, 1.54) is 0 Å². The lowest BCUT2D eigenvalue weighted by Crippen LogP contribution is -2.16. The van der Waals surface area contributed by atoms with Gasteiger partial charge >= 0.3 is 5.97 Å². The van der Waals surface area contributed by atoms with Crippen LogP contribution in [0.3, 0.4) is 0 Å². The highest BCUT2D eigenvalue weighted by Gasteiger charge is 2.25. The SMILES string of the molecule is Cn1cc(C(O)CCC(=O)O)c(C(C)(C)C)n1. The van der Waals surface area contributed by atoms with Crippen LogP contribution >= 0.6 is 0 Å². The quantitative estimate of drug-likeness (QED) is 0.838. The second kappa shape index (κ2) is 4.87. The second-order valence-electron chi connectivity index (χ2n) is 5.30. The number of aromatic nitrogens is 2. The molecule has 0 radical (unpaired) electrons. The Morgan fingerprint density at radius 1 is 1.53 bits per heavy atom. The standard InChI is InChI=1S/C12H20N2O3/c1-12(2,3)11-8(7-14(4)13-11)9(15)5-6-10(16)17/h7,9,15H,5-6H2,1-4H3,(H,16,17). The number of carboxylic acids is 1. The van der Waals surface area contributed by atoms with Crippen LogP contribution in [-0.4, -0.2) is 26.0 Å². The molecule has 0 saturated carbocycles. The fourth-order valence-electron chi connectivity index (χ4n) is 1.75. The maximum atomic E-state index is 10.5. The van der Waals surface area contributed by atoms with Crippen LogP contribution in [0, 0.1) is 0 Å². The van der Waals surface area contributed by atoms with Gasteiger partial charge in [0.15, 0.2) is 0 Å². The highest BCUT2D eigenvalue weighted by molar-refractivity contribution is 5.66. The zero-order valence-corrected chi connectivity index (χ0v) is 10.8. The maximum Gasteiger partial charge on any atom is 0.303 e. The summed E-state index contributed by atoms with van der Waals surface area (Å²) in [6.07, 6.45) is 1.16. The smallest absolute Gasteiger partial charge is 0.303 e. The van der Waals surface area contributed by atoms with Gasteiger partial charge in [0, 0.05) is 30.6 Å². The molecule has 96 valence electrons. The Hall–Kier alpha value is -1.36. The van der Waals surface area contributed by atoms with Crippen LogP contribution in [0.4, 0.5) is 0 Å². The van der Waals surface area contributed by atoms with E-state index in [4.69, 9.17) is 5.11 Å². The summed E-state index contributed by atoms with van der Waals surface area (Å²) in [6.45, 7) is 6.05. The van der Waals surface area contributed by atoms with Crippen LogP contribution < -0.4 is 0 Å². The first-order valence-electron chi connectivity index (χ1n) is 5.65. The minimum absolute atomic E-state index is 0.0420. The predicted octanol–water partition coefficient (Wildman–Crippen LogP) is 1.62. The molecule has 1 unspecified atom stereocenters. The van der Waals surface area contributed by atoms with Crippen molar-refractivity contribution in [3.63, 3.8) is 0 Å². The van der Waals surface area contributed by atoms with Gasteiger partial charge in [-0.05, 0) is 6.42 Å². The van der Waals surface area contributed by atoms with E-state index < -0.39 is 12.1 Å². The summed E-state index contributed by atoms with van der Waals surface area (Å²) >= 11 is 0. The fraction of sp³-hybridized carbons (Fsp3) is 0.667. The van der Waals surface area contributed by atoms with Gasteiger partial charge < -0.3 is 10.2 Å². The Bertz CT molecular complexity index is 404. The molecule has 0 bridgehead atoms. The lowest BCUT2D eigenvalue weighted by molar-refractivity contribution is -0.137. The highest BCUT2D eigenvalue weighted by atomic mass is 16.4.